The molecule has 0 bridgehead atoms. The molecule has 0 aliphatic carbocycles. The third-order valence-corrected chi connectivity index (χ3v) is 6.16. The maximum atomic E-state index is 13.9. The van der Waals surface area contributed by atoms with Crippen LogP contribution in [0.2, 0.25) is 0 Å². The van der Waals surface area contributed by atoms with Gasteiger partial charge in [0.15, 0.2) is 0 Å². The molecule has 0 saturated carbocycles. The average Bonchev–Trinajstić information content (AvgIpc) is 2.61. The van der Waals surface area contributed by atoms with E-state index < -0.39 is 0 Å². The molecule has 2 fully saturated rings. The quantitative estimate of drug-likeness (QED) is 0.813. The highest BCUT2D eigenvalue weighted by Crippen LogP contribution is 2.39. The van der Waals surface area contributed by atoms with E-state index in [1.54, 1.807) is 19.1 Å². The van der Waals surface area contributed by atoms with Crippen molar-refractivity contribution in [3.05, 3.63) is 35.6 Å². The highest BCUT2D eigenvalue weighted by atomic mass is 19.1. The minimum atomic E-state index is -0.276. The van der Waals surface area contributed by atoms with Crippen molar-refractivity contribution in [3.63, 3.8) is 0 Å². The van der Waals surface area contributed by atoms with E-state index in [0.29, 0.717) is 12.1 Å². The predicted octanol–water partition coefficient (Wildman–Crippen LogP) is 2.65. The molecule has 2 atom stereocenters. The van der Waals surface area contributed by atoms with Gasteiger partial charge in [0.05, 0.1) is 18.1 Å². The van der Waals surface area contributed by atoms with Crippen molar-refractivity contribution < 1.29 is 14.0 Å². The normalized spacial score (nSPS) is 25.4. The number of fused-ring (bicyclic) bond motifs is 1. The van der Waals surface area contributed by atoms with E-state index in [9.17, 15) is 14.0 Å². The Kier molecular flexibility index (Phi) is 5.84. The van der Waals surface area contributed by atoms with Crippen molar-refractivity contribution >= 4 is 11.8 Å². The van der Waals surface area contributed by atoms with E-state index in [-0.39, 0.29) is 35.8 Å². The number of amides is 2. The fraction of sp³-hybridized carbons (Fsp3) is 0.619. The van der Waals surface area contributed by atoms with E-state index in [4.69, 9.17) is 0 Å². The molecule has 2 aliphatic heterocycles. The van der Waals surface area contributed by atoms with E-state index in [0.717, 1.165) is 38.8 Å². The molecule has 0 aromatic heterocycles. The monoisotopic (exact) mass is 375 g/mol. The average molecular weight is 375 g/mol. The van der Waals surface area contributed by atoms with E-state index in [1.807, 2.05) is 27.8 Å². The Morgan fingerprint density at radius 1 is 1.26 bits per heavy atom. The summed E-state index contributed by atoms with van der Waals surface area (Å²) in [5.74, 6) is -0.0879. The van der Waals surface area contributed by atoms with Crippen molar-refractivity contribution in [2.75, 3.05) is 26.7 Å². The first-order valence-corrected chi connectivity index (χ1v) is 9.82. The van der Waals surface area contributed by atoms with Crippen LogP contribution in [0, 0.1) is 5.82 Å². The summed E-state index contributed by atoms with van der Waals surface area (Å²) in [4.78, 5) is 31.0. The molecule has 27 heavy (non-hydrogen) atoms. The van der Waals surface area contributed by atoms with Crippen LogP contribution in [0.4, 0.5) is 4.39 Å². The van der Waals surface area contributed by atoms with Crippen molar-refractivity contribution in [1.82, 2.24) is 14.7 Å². The zero-order valence-corrected chi connectivity index (χ0v) is 16.6. The zero-order valence-electron chi connectivity index (χ0n) is 16.6. The summed E-state index contributed by atoms with van der Waals surface area (Å²) in [5, 5.41) is 0. The van der Waals surface area contributed by atoms with Crippen molar-refractivity contribution in [2.24, 2.45) is 0 Å². The summed E-state index contributed by atoms with van der Waals surface area (Å²) in [7, 11) is 1.84. The fourth-order valence-corrected chi connectivity index (χ4v) is 4.86. The molecule has 2 aliphatic rings. The van der Waals surface area contributed by atoms with Gasteiger partial charge in [-0.25, -0.2) is 4.39 Å². The van der Waals surface area contributed by atoms with Gasteiger partial charge in [-0.15, -0.1) is 0 Å². The van der Waals surface area contributed by atoms with E-state index in [1.165, 1.54) is 6.07 Å². The van der Waals surface area contributed by atoms with Crippen molar-refractivity contribution in [3.8, 4) is 0 Å². The van der Waals surface area contributed by atoms with Gasteiger partial charge < -0.3 is 9.80 Å². The second-order valence-electron chi connectivity index (χ2n) is 8.14. The SMILES string of the molecule is CC(=O)N1CCC[C@@H]2N(C(=O)CN(C)Cc3ccccc3F)CCC[C@@]21C. The van der Waals surface area contributed by atoms with Crippen LogP contribution in [0.3, 0.4) is 0 Å². The molecule has 1 aromatic rings. The first-order chi connectivity index (χ1) is 12.8. The van der Waals surface area contributed by atoms with Gasteiger partial charge >= 0.3 is 0 Å². The largest absolute Gasteiger partial charge is 0.336 e. The number of halogens is 1. The maximum absolute atomic E-state index is 13.9. The summed E-state index contributed by atoms with van der Waals surface area (Å²) in [6.07, 6.45) is 3.70. The molecule has 0 radical (unpaired) electrons. The lowest BCUT2D eigenvalue weighted by atomic mass is 9.76. The third kappa shape index (κ3) is 4.00. The molecule has 2 saturated heterocycles. The number of hydrogen-bond donors (Lipinski definition) is 0. The summed E-state index contributed by atoms with van der Waals surface area (Å²) in [6, 6.07) is 6.74. The van der Waals surface area contributed by atoms with Gasteiger partial charge in [-0.1, -0.05) is 18.2 Å². The van der Waals surface area contributed by atoms with Crippen LogP contribution in [0.1, 0.15) is 45.1 Å². The number of carbonyl (C=O) groups is 2. The lowest BCUT2D eigenvalue weighted by Crippen LogP contribution is -2.68. The number of rotatable bonds is 4. The van der Waals surface area contributed by atoms with Crippen LogP contribution in [-0.2, 0) is 16.1 Å². The van der Waals surface area contributed by atoms with Crippen LogP contribution < -0.4 is 0 Å². The molecular formula is C21H30FN3O2. The Morgan fingerprint density at radius 3 is 2.70 bits per heavy atom. The number of nitrogens with zero attached hydrogens (tertiary/aromatic N) is 3. The fourth-order valence-electron chi connectivity index (χ4n) is 4.86. The van der Waals surface area contributed by atoms with Gasteiger partial charge in [-0.3, -0.25) is 14.5 Å². The highest BCUT2D eigenvalue weighted by Gasteiger charge is 2.49. The summed E-state index contributed by atoms with van der Waals surface area (Å²) in [6.45, 7) is 5.90. The van der Waals surface area contributed by atoms with Crippen LogP contribution in [-0.4, -0.2) is 64.8 Å². The standard InChI is InChI=1S/C21H30FN3O2/c1-16(26)25-13-6-10-19-21(25,2)11-7-12-24(19)20(27)15-23(3)14-17-8-4-5-9-18(17)22/h4-5,8-9,19H,6-7,10-15H2,1-3H3/t19-,21-/m0/s1. The summed E-state index contributed by atoms with van der Waals surface area (Å²) < 4.78 is 13.9. The first kappa shape index (κ1) is 19.8. The molecule has 1 aromatic carbocycles. The summed E-state index contributed by atoms with van der Waals surface area (Å²) in [5.41, 5.74) is 0.318. The van der Waals surface area contributed by atoms with Crippen molar-refractivity contribution in [2.45, 2.75) is 57.7 Å². The zero-order chi connectivity index (χ0) is 19.6. The van der Waals surface area contributed by atoms with Gasteiger partial charge in [0.1, 0.15) is 5.82 Å². The number of likely N-dealkylation sites (N-methyl/N-ethyl adjacent to an activating group) is 1. The molecule has 2 heterocycles. The molecule has 0 spiro atoms. The lowest BCUT2D eigenvalue weighted by molar-refractivity contribution is -0.155. The third-order valence-electron chi connectivity index (χ3n) is 6.16. The topological polar surface area (TPSA) is 43.9 Å². The molecule has 3 rings (SSSR count). The Hall–Kier alpha value is -1.95. The lowest BCUT2D eigenvalue weighted by Gasteiger charge is -2.56. The van der Waals surface area contributed by atoms with Gasteiger partial charge in [0, 0.05) is 32.1 Å². The molecule has 2 amide bonds. The van der Waals surface area contributed by atoms with Gasteiger partial charge in [-0.2, -0.15) is 0 Å². The number of benzene rings is 1. The molecule has 5 nitrogen and oxygen atoms in total. The van der Waals surface area contributed by atoms with E-state index >= 15 is 0 Å². The summed E-state index contributed by atoms with van der Waals surface area (Å²) >= 11 is 0. The molecule has 148 valence electrons. The second-order valence-corrected chi connectivity index (χ2v) is 8.14. The van der Waals surface area contributed by atoms with Crippen LogP contribution >= 0.6 is 0 Å². The minimum absolute atomic E-state index is 0.0650. The second kappa shape index (κ2) is 7.97. The Labute approximate surface area is 161 Å². The minimum Gasteiger partial charge on any atom is -0.336 e. The predicted molar refractivity (Wildman–Crippen MR) is 102 cm³/mol. The van der Waals surface area contributed by atoms with Crippen LogP contribution in [0.15, 0.2) is 24.3 Å². The van der Waals surface area contributed by atoms with Gasteiger partial charge in [0.25, 0.3) is 0 Å². The smallest absolute Gasteiger partial charge is 0.237 e. The maximum Gasteiger partial charge on any atom is 0.237 e. The Morgan fingerprint density at radius 2 is 2.00 bits per heavy atom. The number of hydrogen-bond acceptors (Lipinski definition) is 3. The first-order valence-electron chi connectivity index (χ1n) is 9.82. The van der Waals surface area contributed by atoms with E-state index in [2.05, 4.69) is 6.92 Å². The molecule has 6 heteroatoms. The van der Waals surface area contributed by atoms with Gasteiger partial charge in [-0.05, 0) is 45.7 Å². The highest BCUT2D eigenvalue weighted by molar-refractivity contribution is 5.79. The van der Waals surface area contributed by atoms with Crippen LogP contribution in [0.25, 0.3) is 0 Å². The molecular weight excluding hydrogens is 345 g/mol. The number of carbonyl (C=O) groups excluding carboxylic acids is 2. The Balaban J connectivity index is 1.69. The number of piperidine rings is 2. The van der Waals surface area contributed by atoms with Crippen LogP contribution in [0.5, 0.6) is 0 Å². The van der Waals surface area contributed by atoms with Gasteiger partial charge in [0.2, 0.25) is 11.8 Å². The molecule has 0 unspecified atom stereocenters. The number of likely N-dealkylation sites (tertiary alicyclic amines) is 2. The Bertz CT molecular complexity index is 710. The molecule has 0 N–H and O–H groups in total. The van der Waals surface area contributed by atoms with Crippen molar-refractivity contribution in [1.29, 1.82) is 0 Å².